The summed E-state index contributed by atoms with van der Waals surface area (Å²) in [7, 11) is -3.65. The number of primary sulfonamides is 1. The van der Waals surface area contributed by atoms with Gasteiger partial charge in [-0.3, -0.25) is 4.79 Å². The van der Waals surface area contributed by atoms with Crippen LogP contribution in [0, 0.1) is 6.92 Å². The van der Waals surface area contributed by atoms with E-state index in [0.717, 1.165) is 5.76 Å². The summed E-state index contributed by atoms with van der Waals surface area (Å²) in [4.78, 5) is 13.1. The van der Waals surface area contributed by atoms with Gasteiger partial charge in [-0.1, -0.05) is 0 Å². The fourth-order valence-electron chi connectivity index (χ4n) is 1.87. The number of aryl methyl sites for hydroxylation is 1. The summed E-state index contributed by atoms with van der Waals surface area (Å²) in [6.45, 7) is 2.23. The summed E-state index contributed by atoms with van der Waals surface area (Å²) in [5.41, 5.74) is 0. The van der Waals surface area contributed by atoms with Crippen molar-refractivity contribution in [3.05, 3.63) is 23.7 Å². The first-order valence-electron chi connectivity index (χ1n) is 5.21. The zero-order valence-electron chi connectivity index (χ0n) is 9.42. The van der Waals surface area contributed by atoms with Crippen LogP contribution in [0.5, 0.6) is 0 Å². The van der Waals surface area contributed by atoms with Crippen LogP contribution >= 0.6 is 0 Å². The van der Waals surface area contributed by atoms with Crippen LogP contribution in [-0.4, -0.2) is 31.0 Å². The molecule has 2 rings (SSSR count). The van der Waals surface area contributed by atoms with Crippen molar-refractivity contribution < 1.29 is 17.6 Å². The van der Waals surface area contributed by atoms with Gasteiger partial charge in [-0.15, -0.1) is 0 Å². The van der Waals surface area contributed by atoms with E-state index >= 15 is 0 Å². The summed E-state index contributed by atoms with van der Waals surface area (Å²) in [6.07, 6.45) is -0.0431. The molecule has 0 radical (unpaired) electrons. The van der Waals surface area contributed by atoms with Crippen molar-refractivity contribution in [2.45, 2.75) is 25.1 Å². The monoisotopic (exact) mass is 258 g/mol. The van der Waals surface area contributed by atoms with Crippen molar-refractivity contribution in [3.63, 3.8) is 0 Å². The van der Waals surface area contributed by atoms with Crippen molar-refractivity contribution >= 4 is 15.9 Å². The van der Waals surface area contributed by atoms with E-state index in [9.17, 15) is 13.2 Å². The maximum Gasteiger partial charge on any atom is 0.224 e. The van der Waals surface area contributed by atoms with Crippen LogP contribution in [0.4, 0.5) is 0 Å². The van der Waals surface area contributed by atoms with Crippen LogP contribution in [-0.2, 0) is 21.4 Å². The van der Waals surface area contributed by atoms with Crippen LogP contribution in [0.1, 0.15) is 17.9 Å². The molecule has 2 heterocycles. The minimum atomic E-state index is -3.65. The highest BCUT2D eigenvalue weighted by atomic mass is 32.2. The van der Waals surface area contributed by atoms with Crippen LogP contribution in [0.25, 0.3) is 0 Å². The van der Waals surface area contributed by atoms with E-state index in [-0.39, 0.29) is 18.9 Å². The standard InChI is InChI=1S/C10H14N2O4S/c1-7-2-3-8(16-7)5-12-6-9(4-10(12)13)17(11,14)15/h2-3,9H,4-6H2,1H3,(H2,11,14,15). The van der Waals surface area contributed by atoms with Gasteiger partial charge in [-0.25, -0.2) is 13.6 Å². The first kappa shape index (κ1) is 12.1. The quantitative estimate of drug-likeness (QED) is 0.824. The summed E-state index contributed by atoms with van der Waals surface area (Å²) in [5, 5.41) is 4.23. The van der Waals surface area contributed by atoms with Crippen molar-refractivity contribution in [1.82, 2.24) is 4.90 Å². The lowest BCUT2D eigenvalue weighted by Gasteiger charge is -2.14. The van der Waals surface area contributed by atoms with Gasteiger partial charge in [0, 0.05) is 13.0 Å². The molecule has 6 nitrogen and oxygen atoms in total. The van der Waals surface area contributed by atoms with Gasteiger partial charge in [0.05, 0.1) is 6.54 Å². The predicted octanol–water partition coefficient (Wildman–Crippen LogP) is -0.0226. The minimum Gasteiger partial charge on any atom is -0.464 e. The fraction of sp³-hybridized carbons (Fsp3) is 0.500. The molecule has 7 heteroatoms. The molecule has 1 saturated heterocycles. The number of rotatable bonds is 3. The lowest BCUT2D eigenvalue weighted by molar-refractivity contribution is -0.128. The molecule has 0 saturated carbocycles. The number of nitrogens with two attached hydrogens (primary N) is 1. The number of sulfonamides is 1. The molecule has 1 fully saturated rings. The van der Waals surface area contributed by atoms with E-state index in [1.54, 1.807) is 12.1 Å². The SMILES string of the molecule is Cc1ccc(CN2CC(S(N)(=O)=O)CC2=O)o1. The van der Waals surface area contributed by atoms with Crippen LogP contribution in [0.3, 0.4) is 0 Å². The molecule has 2 N–H and O–H groups in total. The first-order valence-corrected chi connectivity index (χ1v) is 6.82. The molecular formula is C10H14N2O4S. The third kappa shape index (κ3) is 2.67. The molecule has 1 amide bonds. The number of nitrogens with zero attached hydrogens (tertiary/aromatic N) is 1. The van der Waals surface area contributed by atoms with Crippen LogP contribution < -0.4 is 5.14 Å². The number of carbonyl (C=O) groups is 1. The Morgan fingerprint density at radius 2 is 2.24 bits per heavy atom. The highest BCUT2D eigenvalue weighted by Crippen LogP contribution is 2.19. The molecule has 1 atom stereocenters. The van der Waals surface area contributed by atoms with Gasteiger partial charge in [0.2, 0.25) is 15.9 Å². The van der Waals surface area contributed by atoms with Crippen molar-refractivity contribution in [2.75, 3.05) is 6.54 Å². The summed E-state index contributed by atoms with van der Waals surface area (Å²) >= 11 is 0. The molecule has 1 aliphatic rings. The van der Waals surface area contributed by atoms with Crippen molar-refractivity contribution in [2.24, 2.45) is 5.14 Å². The van der Waals surface area contributed by atoms with Crippen LogP contribution in [0.2, 0.25) is 0 Å². The number of hydrogen-bond acceptors (Lipinski definition) is 4. The maximum absolute atomic E-state index is 11.6. The number of hydrogen-bond donors (Lipinski definition) is 1. The molecule has 1 aromatic heterocycles. The zero-order valence-corrected chi connectivity index (χ0v) is 10.2. The Balaban J connectivity index is 2.07. The highest BCUT2D eigenvalue weighted by Gasteiger charge is 2.36. The highest BCUT2D eigenvalue weighted by molar-refractivity contribution is 7.89. The normalized spacial score (nSPS) is 21.2. The molecular weight excluding hydrogens is 244 g/mol. The van der Waals surface area contributed by atoms with Crippen molar-refractivity contribution in [3.8, 4) is 0 Å². The number of amides is 1. The molecule has 17 heavy (non-hydrogen) atoms. The molecule has 1 unspecified atom stereocenters. The molecule has 94 valence electrons. The molecule has 1 aliphatic heterocycles. The summed E-state index contributed by atoms with van der Waals surface area (Å²) in [6, 6.07) is 3.57. The van der Waals surface area contributed by atoms with Crippen molar-refractivity contribution in [1.29, 1.82) is 0 Å². The van der Waals surface area contributed by atoms with E-state index in [4.69, 9.17) is 9.56 Å². The Morgan fingerprint density at radius 1 is 1.53 bits per heavy atom. The number of likely N-dealkylation sites (tertiary alicyclic amines) is 1. The lowest BCUT2D eigenvalue weighted by atomic mass is 10.4. The van der Waals surface area contributed by atoms with E-state index in [1.807, 2.05) is 6.92 Å². The van der Waals surface area contributed by atoms with Gasteiger partial charge >= 0.3 is 0 Å². The third-order valence-electron chi connectivity index (χ3n) is 2.79. The Hall–Kier alpha value is -1.34. The van der Waals surface area contributed by atoms with E-state index < -0.39 is 15.3 Å². The topological polar surface area (TPSA) is 93.6 Å². The Morgan fingerprint density at radius 3 is 2.71 bits per heavy atom. The fourth-order valence-corrected chi connectivity index (χ4v) is 2.63. The van der Waals surface area contributed by atoms with E-state index in [0.29, 0.717) is 12.3 Å². The second-order valence-electron chi connectivity index (χ2n) is 4.20. The molecule has 0 aromatic carbocycles. The summed E-state index contributed by atoms with van der Waals surface area (Å²) < 4.78 is 27.7. The Bertz CT molecular complexity index is 534. The second-order valence-corrected chi connectivity index (χ2v) is 6.05. The maximum atomic E-state index is 11.6. The van der Waals surface area contributed by atoms with Gasteiger partial charge in [-0.2, -0.15) is 0 Å². The lowest BCUT2D eigenvalue weighted by Crippen LogP contribution is -2.31. The van der Waals surface area contributed by atoms with Gasteiger partial charge in [0.25, 0.3) is 0 Å². The van der Waals surface area contributed by atoms with E-state index in [2.05, 4.69) is 0 Å². The largest absolute Gasteiger partial charge is 0.464 e. The number of furan rings is 1. The molecule has 0 spiro atoms. The Labute approximate surface area is 99.4 Å². The summed E-state index contributed by atoms with van der Waals surface area (Å²) in [5.74, 6) is 1.19. The van der Waals surface area contributed by atoms with Gasteiger partial charge < -0.3 is 9.32 Å². The first-order chi connectivity index (χ1) is 7.86. The van der Waals surface area contributed by atoms with Gasteiger partial charge in [0.15, 0.2) is 0 Å². The second kappa shape index (κ2) is 4.15. The smallest absolute Gasteiger partial charge is 0.224 e. The molecule has 1 aromatic rings. The Kier molecular flexibility index (Phi) is 2.96. The molecule has 0 bridgehead atoms. The number of carbonyl (C=O) groups excluding carboxylic acids is 1. The molecule has 0 aliphatic carbocycles. The van der Waals surface area contributed by atoms with Gasteiger partial charge in [-0.05, 0) is 19.1 Å². The zero-order chi connectivity index (χ0) is 12.6. The van der Waals surface area contributed by atoms with Gasteiger partial charge in [0.1, 0.15) is 16.8 Å². The van der Waals surface area contributed by atoms with E-state index in [1.165, 1.54) is 4.90 Å². The average molecular weight is 258 g/mol. The van der Waals surface area contributed by atoms with Crippen LogP contribution in [0.15, 0.2) is 16.5 Å². The minimum absolute atomic E-state index is 0.0431. The predicted molar refractivity (Wildman–Crippen MR) is 60.4 cm³/mol. The average Bonchev–Trinajstić information content (AvgIpc) is 2.74. The third-order valence-corrected chi connectivity index (χ3v) is 4.03.